The number of thioether (sulfide) groups is 2. The zero-order valence-corrected chi connectivity index (χ0v) is 20.5. The number of anilines is 1. The first-order chi connectivity index (χ1) is 17.2. The minimum Gasteiger partial charge on any atom is -0.477 e. The molecule has 0 saturated carbocycles. The van der Waals surface area contributed by atoms with Gasteiger partial charge in [0.05, 0.1) is 0 Å². The predicted molar refractivity (Wildman–Crippen MR) is 122 cm³/mol. The number of halogens is 2. The van der Waals surface area contributed by atoms with Crippen molar-refractivity contribution in [2.75, 3.05) is 23.9 Å². The molecule has 3 atom stereocenters. The molecule has 15 nitrogen and oxygen atoms in total. The zero-order valence-electron chi connectivity index (χ0n) is 18.1. The molecule has 0 bridgehead atoms. The second-order valence-electron chi connectivity index (χ2n) is 7.06. The van der Waals surface area contributed by atoms with Crippen LogP contribution in [-0.2, 0) is 26.3 Å². The van der Waals surface area contributed by atoms with E-state index in [0.717, 1.165) is 16.4 Å². The lowest BCUT2D eigenvalue weighted by molar-refractivity contribution is -0.150. The molecule has 36 heavy (non-hydrogen) atoms. The highest BCUT2D eigenvalue weighted by molar-refractivity contribution is 8.01. The number of tetrazole rings is 1. The number of aryl methyl sites for hydroxylation is 1. The molecule has 20 heteroatoms. The van der Waals surface area contributed by atoms with Gasteiger partial charge >= 0.3 is 5.97 Å². The molecule has 0 aromatic carbocycles. The third-order valence-corrected chi connectivity index (χ3v) is 7.72. The van der Waals surface area contributed by atoms with E-state index in [0.29, 0.717) is 10.7 Å². The number of carbonyl (C=O) groups is 3. The van der Waals surface area contributed by atoms with Crippen molar-refractivity contribution >= 4 is 63.7 Å². The van der Waals surface area contributed by atoms with Gasteiger partial charge in [-0.15, -0.1) is 16.9 Å². The molecule has 4 rings (SSSR count). The van der Waals surface area contributed by atoms with E-state index in [2.05, 4.69) is 40.2 Å². The fraction of sp³-hybridized carbons (Fsp3) is 0.438. The quantitative estimate of drug-likeness (QED) is 0.140. The fourth-order valence-electron chi connectivity index (χ4n) is 3.15. The van der Waals surface area contributed by atoms with Gasteiger partial charge in [-0.2, -0.15) is 13.7 Å². The second-order valence-corrected chi connectivity index (χ2v) is 9.89. The van der Waals surface area contributed by atoms with Crippen molar-refractivity contribution in [1.29, 1.82) is 0 Å². The lowest BCUT2D eigenvalue weighted by Gasteiger charge is -2.49. The first kappa shape index (κ1) is 25.7. The summed E-state index contributed by atoms with van der Waals surface area (Å²) < 4.78 is 30.8. The Hall–Kier alpha value is -3.39. The van der Waals surface area contributed by atoms with Crippen molar-refractivity contribution in [3.63, 3.8) is 0 Å². The van der Waals surface area contributed by atoms with Gasteiger partial charge in [0.1, 0.15) is 17.1 Å². The van der Waals surface area contributed by atoms with E-state index in [4.69, 9.17) is 5.73 Å². The highest BCUT2D eigenvalue weighted by Crippen LogP contribution is 2.41. The van der Waals surface area contributed by atoms with Crippen LogP contribution in [0.4, 0.5) is 13.9 Å². The number of aliphatic carboxylic acids is 1. The van der Waals surface area contributed by atoms with Gasteiger partial charge in [-0.3, -0.25) is 14.5 Å². The number of hydrogen-bond acceptors (Lipinski definition) is 14. The van der Waals surface area contributed by atoms with Crippen molar-refractivity contribution in [1.82, 2.24) is 39.8 Å². The molecule has 1 unspecified atom stereocenters. The largest absolute Gasteiger partial charge is 0.477 e. The Morgan fingerprint density at radius 2 is 2.25 bits per heavy atom. The molecule has 4 N–H and O–H groups in total. The summed E-state index contributed by atoms with van der Waals surface area (Å²) in [7, 11) is 1.64. The average Bonchev–Trinajstić information content (AvgIpc) is 3.47. The van der Waals surface area contributed by atoms with Crippen molar-refractivity contribution in [2.45, 2.75) is 22.9 Å². The number of aromatic nitrogens is 6. The molecule has 2 aliphatic rings. The maximum atomic E-state index is 13.2. The van der Waals surface area contributed by atoms with Crippen LogP contribution in [0.1, 0.15) is 5.82 Å². The minimum atomic E-state index is -2.43. The summed E-state index contributed by atoms with van der Waals surface area (Å²) in [6.45, 7) is -1.52. The molecular formula is C16H16F2N10O5S3. The molecule has 1 saturated heterocycles. The summed E-state index contributed by atoms with van der Waals surface area (Å²) >= 11 is 3.17. The standard InChI is InChI=1S/C16H16F2N10O5S3/c1-27-16(22-25-26-27)35-4-5-3-34-13-8(12(30)28(13)9(5)14(31)32)20-11(29)7(23-33-6(18)2-17)10-21-15(19)36-24-10/h6,8,13H,2-4H2,1H3,(H,20,29)(H,31,32)(H2,19,21,24)/t6?,8-,13-/m1/s1. The first-order valence-corrected chi connectivity index (χ1v) is 12.6. The molecule has 4 heterocycles. The lowest BCUT2D eigenvalue weighted by Crippen LogP contribution is -2.71. The SMILES string of the molecule is Cn1nnnc1SCC1=C(C(=O)O)N2C(=O)[C@@H](NC(=O)C(=NOC(F)CF)c3nsc(N)n3)[C@H]2SC1. The number of alkyl halides is 2. The summed E-state index contributed by atoms with van der Waals surface area (Å²) in [6.07, 6.45) is -2.43. The number of fused-ring (bicyclic) bond motifs is 1. The van der Waals surface area contributed by atoms with Crippen molar-refractivity contribution < 1.29 is 33.1 Å². The molecule has 1 fully saturated rings. The smallest absolute Gasteiger partial charge is 0.352 e. The van der Waals surface area contributed by atoms with E-state index < -0.39 is 47.9 Å². The summed E-state index contributed by atoms with van der Waals surface area (Å²) in [6, 6.07) is -1.13. The summed E-state index contributed by atoms with van der Waals surface area (Å²) in [5, 5.41) is 26.2. The molecule has 2 aliphatic heterocycles. The highest BCUT2D eigenvalue weighted by atomic mass is 32.2. The van der Waals surface area contributed by atoms with Crippen LogP contribution >= 0.6 is 35.1 Å². The number of nitrogens with two attached hydrogens (primary N) is 1. The predicted octanol–water partition coefficient (Wildman–Crippen LogP) is -0.839. The van der Waals surface area contributed by atoms with Crippen molar-refractivity contribution in [3.8, 4) is 0 Å². The fourth-order valence-corrected chi connectivity index (χ4v) is 5.92. The highest BCUT2D eigenvalue weighted by Gasteiger charge is 2.54. The van der Waals surface area contributed by atoms with Gasteiger partial charge in [-0.1, -0.05) is 16.9 Å². The number of nitrogen functional groups attached to an aromatic ring is 1. The van der Waals surface area contributed by atoms with Gasteiger partial charge in [0, 0.05) is 30.1 Å². The normalized spacial score (nSPS) is 20.6. The van der Waals surface area contributed by atoms with Crippen LogP contribution in [0.3, 0.4) is 0 Å². The Labute approximate surface area is 212 Å². The number of amides is 2. The molecule has 2 aromatic rings. The summed E-state index contributed by atoms with van der Waals surface area (Å²) in [5.41, 5.74) is 5.17. The third kappa shape index (κ3) is 5.09. The number of oxime groups is 1. The van der Waals surface area contributed by atoms with E-state index in [-0.39, 0.29) is 28.2 Å². The van der Waals surface area contributed by atoms with Crippen LogP contribution in [0.5, 0.6) is 0 Å². The van der Waals surface area contributed by atoms with Crippen LogP contribution in [-0.4, -0.2) is 99.0 Å². The van der Waals surface area contributed by atoms with Crippen LogP contribution in [0.25, 0.3) is 0 Å². The first-order valence-electron chi connectivity index (χ1n) is 9.80. The monoisotopic (exact) mass is 562 g/mol. The van der Waals surface area contributed by atoms with E-state index in [1.54, 1.807) is 7.05 Å². The Kier molecular flexibility index (Phi) is 7.64. The van der Waals surface area contributed by atoms with Gasteiger partial charge in [-0.25, -0.2) is 13.9 Å². The molecule has 0 spiro atoms. The zero-order chi connectivity index (χ0) is 26.0. The number of nitrogens with one attached hydrogen (secondary N) is 1. The third-order valence-electron chi connectivity index (χ3n) is 4.74. The number of rotatable bonds is 10. The average molecular weight is 563 g/mol. The van der Waals surface area contributed by atoms with E-state index in [1.807, 2.05) is 0 Å². The van der Waals surface area contributed by atoms with Crippen LogP contribution < -0.4 is 11.1 Å². The number of carboxylic acid groups (broad SMARTS) is 1. The van der Waals surface area contributed by atoms with Crippen molar-refractivity contribution in [2.24, 2.45) is 12.2 Å². The maximum Gasteiger partial charge on any atom is 0.352 e. The van der Waals surface area contributed by atoms with E-state index in [1.165, 1.54) is 28.2 Å². The van der Waals surface area contributed by atoms with Crippen LogP contribution in [0.15, 0.2) is 21.6 Å². The Morgan fingerprint density at radius 3 is 2.86 bits per heavy atom. The van der Waals surface area contributed by atoms with Crippen molar-refractivity contribution in [3.05, 3.63) is 17.1 Å². The topological polar surface area (TPSA) is 204 Å². The number of carboxylic acids is 1. The van der Waals surface area contributed by atoms with Gasteiger partial charge in [0.15, 0.2) is 11.8 Å². The Balaban J connectivity index is 1.50. The summed E-state index contributed by atoms with van der Waals surface area (Å²) in [5.74, 6) is -2.84. The van der Waals surface area contributed by atoms with Crippen LogP contribution in [0.2, 0.25) is 0 Å². The van der Waals surface area contributed by atoms with Crippen LogP contribution in [0, 0.1) is 0 Å². The molecule has 192 valence electrons. The molecule has 2 aromatic heterocycles. The van der Waals surface area contributed by atoms with E-state index in [9.17, 15) is 28.3 Å². The molecule has 0 aliphatic carbocycles. The van der Waals surface area contributed by atoms with Gasteiger partial charge in [0.2, 0.25) is 16.7 Å². The van der Waals surface area contributed by atoms with E-state index >= 15 is 0 Å². The maximum absolute atomic E-state index is 13.2. The lowest BCUT2D eigenvalue weighted by atomic mass is 10.0. The molecular weight excluding hydrogens is 546 g/mol. The Morgan fingerprint density at radius 1 is 1.47 bits per heavy atom. The van der Waals surface area contributed by atoms with Gasteiger partial charge in [0.25, 0.3) is 18.2 Å². The number of nitrogens with zero attached hydrogens (tertiary/aromatic N) is 8. The molecule has 2 amide bonds. The minimum absolute atomic E-state index is 0.0275. The Bertz CT molecular complexity index is 1250. The summed E-state index contributed by atoms with van der Waals surface area (Å²) in [4.78, 5) is 46.9. The van der Waals surface area contributed by atoms with Gasteiger partial charge < -0.3 is 21.0 Å². The van der Waals surface area contributed by atoms with Gasteiger partial charge in [-0.05, 0) is 16.0 Å². The number of hydrogen-bond donors (Lipinski definition) is 3. The molecule has 0 radical (unpaired) electrons. The number of β-lactam (4-membered cyclic amide) rings is 1. The number of carbonyl (C=O) groups excluding carboxylic acids is 2. The second kappa shape index (κ2) is 10.7.